The van der Waals surface area contributed by atoms with Gasteiger partial charge in [0.15, 0.2) is 9.84 Å². The van der Waals surface area contributed by atoms with Crippen molar-refractivity contribution in [3.8, 4) is 0 Å². The van der Waals surface area contributed by atoms with Crippen molar-refractivity contribution in [1.29, 1.82) is 0 Å². The van der Waals surface area contributed by atoms with Gasteiger partial charge >= 0.3 is 0 Å². The summed E-state index contributed by atoms with van der Waals surface area (Å²) in [5.74, 6) is 0.531. The van der Waals surface area contributed by atoms with Gasteiger partial charge in [-0.2, -0.15) is 5.10 Å². The predicted octanol–water partition coefficient (Wildman–Crippen LogP) is 1.06. The van der Waals surface area contributed by atoms with Crippen molar-refractivity contribution in [2.24, 2.45) is 0 Å². The van der Waals surface area contributed by atoms with E-state index in [0.717, 1.165) is 5.69 Å². The minimum Gasteiger partial charge on any atom is -0.379 e. The van der Waals surface area contributed by atoms with Crippen LogP contribution in [0.5, 0.6) is 0 Å². The Morgan fingerprint density at radius 3 is 2.81 bits per heavy atom. The van der Waals surface area contributed by atoms with Gasteiger partial charge in [-0.1, -0.05) is 0 Å². The highest BCUT2D eigenvalue weighted by Gasteiger charge is 2.27. The van der Waals surface area contributed by atoms with Crippen LogP contribution in [0.3, 0.4) is 0 Å². The van der Waals surface area contributed by atoms with Crippen LogP contribution in [0.25, 0.3) is 0 Å². The van der Waals surface area contributed by atoms with Crippen molar-refractivity contribution in [3.05, 3.63) is 12.4 Å². The fourth-order valence-corrected chi connectivity index (χ4v) is 3.51. The van der Waals surface area contributed by atoms with E-state index in [1.165, 1.54) is 0 Å². The van der Waals surface area contributed by atoms with Gasteiger partial charge in [0.25, 0.3) is 0 Å². The zero-order valence-electron chi connectivity index (χ0n) is 9.55. The number of aromatic nitrogens is 2. The Labute approximate surface area is 95.8 Å². The fraction of sp³-hybridized carbons (Fsp3) is 0.700. The molecule has 1 N–H and O–H groups in total. The molecule has 1 aromatic rings. The summed E-state index contributed by atoms with van der Waals surface area (Å²) in [5, 5.41) is 7.41. The van der Waals surface area contributed by atoms with Crippen LogP contribution in [0, 0.1) is 0 Å². The highest BCUT2D eigenvalue weighted by atomic mass is 32.2. The van der Waals surface area contributed by atoms with Gasteiger partial charge in [-0.05, 0) is 20.3 Å². The summed E-state index contributed by atoms with van der Waals surface area (Å²) in [7, 11) is -2.81. The standard InChI is InChI=1S/C10H17N3O2S/c1-8(2)13-6-10(5-11-13)12-9-3-4-16(14,15)7-9/h5-6,8-9,12H,3-4,7H2,1-2H3. The second-order valence-corrected chi connectivity index (χ2v) is 6.78. The summed E-state index contributed by atoms with van der Waals surface area (Å²) in [6, 6.07) is 0.359. The lowest BCUT2D eigenvalue weighted by Gasteiger charge is -2.09. The molecule has 1 fully saturated rings. The first-order valence-electron chi connectivity index (χ1n) is 5.47. The number of nitrogens with zero attached hydrogens (tertiary/aromatic N) is 2. The molecule has 1 aliphatic rings. The smallest absolute Gasteiger partial charge is 0.152 e. The molecule has 1 aromatic heterocycles. The van der Waals surface area contributed by atoms with Crippen LogP contribution in [-0.2, 0) is 9.84 Å². The van der Waals surface area contributed by atoms with Crippen LogP contribution < -0.4 is 5.32 Å². The molecule has 1 saturated heterocycles. The second-order valence-electron chi connectivity index (χ2n) is 4.55. The van der Waals surface area contributed by atoms with Crippen molar-refractivity contribution < 1.29 is 8.42 Å². The van der Waals surface area contributed by atoms with Crippen molar-refractivity contribution in [1.82, 2.24) is 9.78 Å². The second kappa shape index (κ2) is 4.08. The molecule has 16 heavy (non-hydrogen) atoms. The molecule has 1 unspecified atom stereocenters. The van der Waals surface area contributed by atoms with E-state index in [4.69, 9.17) is 0 Å². The molecule has 0 saturated carbocycles. The van der Waals surface area contributed by atoms with Crippen LogP contribution in [0.1, 0.15) is 26.3 Å². The molecule has 5 nitrogen and oxygen atoms in total. The number of hydrogen-bond donors (Lipinski definition) is 1. The summed E-state index contributed by atoms with van der Waals surface area (Å²) in [5.41, 5.74) is 0.899. The third kappa shape index (κ3) is 2.55. The maximum atomic E-state index is 11.3. The lowest BCUT2D eigenvalue weighted by molar-refractivity contribution is 0.532. The van der Waals surface area contributed by atoms with Crippen LogP contribution in [0.15, 0.2) is 12.4 Å². The zero-order valence-corrected chi connectivity index (χ0v) is 10.4. The zero-order chi connectivity index (χ0) is 11.8. The summed E-state index contributed by atoms with van der Waals surface area (Å²) >= 11 is 0. The lowest BCUT2D eigenvalue weighted by Crippen LogP contribution is -2.20. The quantitative estimate of drug-likeness (QED) is 0.862. The Morgan fingerprint density at radius 1 is 1.56 bits per heavy atom. The molecule has 6 heteroatoms. The Kier molecular flexibility index (Phi) is 2.92. The first-order valence-corrected chi connectivity index (χ1v) is 7.29. The molecular weight excluding hydrogens is 226 g/mol. The minimum absolute atomic E-state index is 0.0369. The summed E-state index contributed by atoms with van der Waals surface area (Å²) in [6.45, 7) is 4.10. The molecule has 0 aromatic carbocycles. The molecule has 0 spiro atoms. The van der Waals surface area contributed by atoms with Gasteiger partial charge in [0.1, 0.15) is 0 Å². The van der Waals surface area contributed by atoms with E-state index in [1.54, 1.807) is 6.20 Å². The first-order chi connectivity index (χ1) is 7.46. The fourth-order valence-electron chi connectivity index (χ4n) is 1.84. The Balaban J connectivity index is 2.00. The van der Waals surface area contributed by atoms with E-state index in [2.05, 4.69) is 24.3 Å². The van der Waals surface area contributed by atoms with Gasteiger partial charge in [0.05, 0.1) is 23.4 Å². The Bertz CT molecular complexity index is 464. The van der Waals surface area contributed by atoms with E-state index in [1.807, 2.05) is 10.9 Å². The number of sulfone groups is 1. The third-order valence-corrected chi connectivity index (χ3v) is 4.50. The van der Waals surface area contributed by atoms with E-state index < -0.39 is 9.84 Å². The molecule has 0 radical (unpaired) electrons. The van der Waals surface area contributed by atoms with Gasteiger partial charge in [0.2, 0.25) is 0 Å². The van der Waals surface area contributed by atoms with E-state index in [0.29, 0.717) is 18.2 Å². The van der Waals surface area contributed by atoms with Gasteiger partial charge in [-0.3, -0.25) is 4.68 Å². The molecule has 0 aliphatic carbocycles. The molecule has 90 valence electrons. The number of hydrogen-bond acceptors (Lipinski definition) is 4. The summed E-state index contributed by atoms with van der Waals surface area (Å²) in [4.78, 5) is 0. The van der Waals surface area contributed by atoms with Crippen LogP contribution in [0.4, 0.5) is 5.69 Å². The maximum Gasteiger partial charge on any atom is 0.152 e. The molecular formula is C10H17N3O2S. The van der Waals surface area contributed by atoms with Gasteiger partial charge in [-0.15, -0.1) is 0 Å². The average molecular weight is 243 g/mol. The maximum absolute atomic E-state index is 11.3. The normalized spacial score (nSPS) is 23.8. The van der Waals surface area contributed by atoms with Crippen LogP contribution >= 0.6 is 0 Å². The van der Waals surface area contributed by atoms with Crippen molar-refractivity contribution in [2.45, 2.75) is 32.4 Å². The molecule has 0 bridgehead atoms. The predicted molar refractivity (Wildman–Crippen MR) is 63.3 cm³/mol. The highest BCUT2D eigenvalue weighted by molar-refractivity contribution is 7.91. The average Bonchev–Trinajstić information content (AvgIpc) is 2.73. The number of rotatable bonds is 3. The highest BCUT2D eigenvalue weighted by Crippen LogP contribution is 2.17. The summed E-state index contributed by atoms with van der Waals surface area (Å²) in [6.07, 6.45) is 4.34. The third-order valence-electron chi connectivity index (χ3n) is 2.73. The monoisotopic (exact) mass is 243 g/mol. The van der Waals surface area contributed by atoms with E-state index in [-0.39, 0.29) is 11.8 Å². The van der Waals surface area contributed by atoms with Crippen molar-refractivity contribution in [3.63, 3.8) is 0 Å². The van der Waals surface area contributed by atoms with Gasteiger partial charge in [0, 0.05) is 18.3 Å². The molecule has 1 atom stereocenters. The Hall–Kier alpha value is -1.04. The van der Waals surface area contributed by atoms with E-state index in [9.17, 15) is 8.42 Å². The van der Waals surface area contributed by atoms with Crippen LogP contribution in [-0.4, -0.2) is 35.7 Å². The van der Waals surface area contributed by atoms with Crippen molar-refractivity contribution in [2.75, 3.05) is 16.8 Å². The number of anilines is 1. The molecule has 0 amide bonds. The van der Waals surface area contributed by atoms with E-state index >= 15 is 0 Å². The van der Waals surface area contributed by atoms with Crippen molar-refractivity contribution >= 4 is 15.5 Å². The first kappa shape index (κ1) is 11.4. The van der Waals surface area contributed by atoms with Crippen LogP contribution in [0.2, 0.25) is 0 Å². The summed E-state index contributed by atoms with van der Waals surface area (Å²) < 4.78 is 24.4. The molecule has 1 aliphatic heterocycles. The van der Waals surface area contributed by atoms with Gasteiger partial charge < -0.3 is 5.32 Å². The lowest BCUT2D eigenvalue weighted by atomic mass is 10.2. The molecule has 2 heterocycles. The Morgan fingerprint density at radius 2 is 2.31 bits per heavy atom. The minimum atomic E-state index is -2.81. The molecule has 2 rings (SSSR count). The van der Waals surface area contributed by atoms with Gasteiger partial charge in [-0.25, -0.2) is 8.42 Å². The SMILES string of the molecule is CC(C)n1cc(NC2CCS(=O)(=O)C2)cn1. The number of nitrogens with one attached hydrogen (secondary N) is 1. The topological polar surface area (TPSA) is 64.0 Å². The largest absolute Gasteiger partial charge is 0.379 e.